The molecule has 2 aromatic rings. The van der Waals surface area contributed by atoms with Crippen molar-refractivity contribution in [1.29, 1.82) is 0 Å². The van der Waals surface area contributed by atoms with Crippen LogP contribution in [0.25, 0.3) is 0 Å². The van der Waals surface area contributed by atoms with Crippen LogP contribution in [-0.4, -0.2) is 12.6 Å². The van der Waals surface area contributed by atoms with E-state index in [9.17, 15) is 4.79 Å². The summed E-state index contributed by atoms with van der Waals surface area (Å²) in [6.07, 6.45) is 2.36. The van der Waals surface area contributed by atoms with Crippen LogP contribution >= 0.6 is 0 Å². The van der Waals surface area contributed by atoms with Gasteiger partial charge < -0.3 is 9.47 Å². The molecule has 0 atom stereocenters. The molecule has 0 spiro atoms. The third-order valence-corrected chi connectivity index (χ3v) is 4.89. The van der Waals surface area contributed by atoms with Gasteiger partial charge in [0.15, 0.2) is 0 Å². The second kappa shape index (κ2) is 7.30. The highest BCUT2D eigenvalue weighted by Gasteiger charge is 2.28. The van der Waals surface area contributed by atoms with Gasteiger partial charge in [0, 0.05) is 5.56 Å². The standard InChI is InChI=1S/C22H26O3/c1-5-24-22(23)19-8-6-7-18(17-9-10-17)20(19)13-25-21-12-15(3)14(2)11-16(21)4/h6-8,11-12,17H,5,9-10,13H2,1-4H3. The Labute approximate surface area is 150 Å². The van der Waals surface area contributed by atoms with E-state index >= 15 is 0 Å². The van der Waals surface area contributed by atoms with Gasteiger partial charge >= 0.3 is 5.97 Å². The molecule has 0 saturated heterocycles. The molecule has 1 aliphatic rings. The Hall–Kier alpha value is -2.29. The van der Waals surface area contributed by atoms with Gasteiger partial charge in [-0.1, -0.05) is 18.2 Å². The first-order valence-electron chi connectivity index (χ1n) is 9.00. The van der Waals surface area contributed by atoms with Gasteiger partial charge in [0.25, 0.3) is 0 Å². The van der Waals surface area contributed by atoms with E-state index in [0.717, 1.165) is 16.9 Å². The van der Waals surface area contributed by atoms with Crippen molar-refractivity contribution in [3.8, 4) is 5.75 Å². The van der Waals surface area contributed by atoms with E-state index in [2.05, 4.69) is 39.0 Å². The summed E-state index contributed by atoms with van der Waals surface area (Å²) in [6.45, 7) is 8.85. The second-order valence-electron chi connectivity index (χ2n) is 6.86. The largest absolute Gasteiger partial charge is 0.489 e. The van der Waals surface area contributed by atoms with Gasteiger partial charge in [-0.05, 0) is 80.8 Å². The minimum Gasteiger partial charge on any atom is -0.489 e. The fourth-order valence-corrected chi connectivity index (χ4v) is 3.18. The number of carbonyl (C=O) groups is 1. The number of hydrogen-bond acceptors (Lipinski definition) is 3. The van der Waals surface area contributed by atoms with E-state index in [1.165, 1.54) is 29.5 Å². The molecule has 0 N–H and O–H groups in total. The van der Waals surface area contributed by atoms with Crippen LogP contribution < -0.4 is 4.74 Å². The molecular weight excluding hydrogens is 312 g/mol. The van der Waals surface area contributed by atoms with Crippen molar-refractivity contribution in [2.45, 2.75) is 53.1 Å². The van der Waals surface area contributed by atoms with E-state index < -0.39 is 0 Å². The highest BCUT2D eigenvalue weighted by molar-refractivity contribution is 5.91. The lowest BCUT2D eigenvalue weighted by Crippen LogP contribution is -2.12. The molecule has 0 unspecified atom stereocenters. The summed E-state index contributed by atoms with van der Waals surface area (Å²) < 4.78 is 11.4. The first kappa shape index (κ1) is 17.5. The van der Waals surface area contributed by atoms with Gasteiger partial charge in [0.05, 0.1) is 12.2 Å². The van der Waals surface area contributed by atoms with Crippen LogP contribution in [0.15, 0.2) is 30.3 Å². The first-order chi connectivity index (χ1) is 12.0. The molecule has 0 amide bonds. The van der Waals surface area contributed by atoms with Gasteiger partial charge in [-0.2, -0.15) is 0 Å². The molecule has 132 valence electrons. The maximum absolute atomic E-state index is 12.4. The number of hydrogen-bond donors (Lipinski definition) is 0. The normalized spacial score (nSPS) is 13.6. The summed E-state index contributed by atoms with van der Waals surface area (Å²) in [4.78, 5) is 12.4. The third kappa shape index (κ3) is 3.87. The monoisotopic (exact) mass is 338 g/mol. The topological polar surface area (TPSA) is 35.5 Å². The zero-order valence-corrected chi connectivity index (χ0v) is 15.5. The van der Waals surface area contributed by atoms with Crippen molar-refractivity contribution in [2.24, 2.45) is 0 Å². The van der Waals surface area contributed by atoms with E-state index in [4.69, 9.17) is 9.47 Å². The maximum Gasteiger partial charge on any atom is 0.338 e. The highest BCUT2D eigenvalue weighted by atomic mass is 16.5. The van der Waals surface area contributed by atoms with E-state index in [1.54, 1.807) is 0 Å². The first-order valence-corrected chi connectivity index (χ1v) is 9.00. The predicted octanol–water partition coefficient (Wildman–Crippen LogP) is 5.24. The molecule has 1 fully saturated rings. The van der Waals surface area contributed by atoms with Gasteiger partial charge in [0.2, 0.25) is 0 Å². The number of esters is 1. The van der Waals surface area contributed by atoms with E-state index in [-0.39, 0.29) is 5.97 Å². The van der Waals surface area contributed by atoms with Crippen LogP contribution in [0.2, 0.25) is 0 Å². The van der Waals surface area contributed by atoms with E-state index in [1.807, 2.05) is 19.1 Å². The molecule has 1 aliphatic carbocycles. The molecule has 3 heteroatoms. The van der Waals surface area contributed by atoms with Crippen molar-refractivity contribution < 1.29 is 14.3 Å². The number of ether oxygens (including phenoxy) is 2. The highest BCUT2D eigenvalue weighted by Crippen LogP contribution is 2.42. The van der Waals surface area contributed by atoms with Crippen molar-refractivity contribution >= 4 is 5.97 Å². The molecule has 3 rings (SSSR count). The van der Waals surface area contributed by atoms with Crippen LogP contribution in [0.3, 0.4) is 0 Å². The molecule has 3 nitrogen and oxygen atoms in total. The van der Waals surface area contributed by atoms with Crippen LogP contribution in [0.4, 0.5) is 0 Å². The molecule has 25 heavy (non-hydrogen) atoms. The van der Waals surface area contributed by atoms with Gasteiger partial charge in [0.1, 0.15) is 12.4 Å². The Morgan fingerprint density at radius 2 is 1.80 bits per heavy atom. The summed E-state index contributed by atoms with van der Waals surface area (Å²) in [5.74, 6) is 1.16. The summed E-state index contributed by atoms with van der Waals surface area (Å²) >= 11 is 0. The SMILES string of the molecule is CCOC(=O)c1cccc(C2CC2)c1COc1cc(C)c(C)cc1C. The molecule has 0 radical (unpaired) electrons. The quantitative estimate of drug-likeness (QED) is 0.675. The smallest absolute Gasteiger partial charge is 0.338 e. The Morgan fingerprint density at radius 1 is 1.08 bits per heavy atom. The van der Waals surface area contributed by atoms with Crippen LogP contribution in [0.1, 0.15) is 63.9 Å². The average Bonchev–Trinajstić information content (AvgIpc) is 3.42. The van der Waals surface area contributed by atoms with Crippen LogP contribution in [-0.2, 0) is 11.3 Å². The Bertz CT molecular complexity index is 788. The maximum atomic E-state index is 12.4. The molecule has 0 aliphatic heterocycles. The van der Waals surface area contributed by atoms with Gasteiger partial charge in [-0.15, -0.1) is 0 Å². The molecule has 0 aromatic heterocycles. The van der Waals surface area contributed by atoms with Gasteiger partial charge in [-0.3, -0.25) is 0 Å². The Balaban J connectivity index is 1.90. The Kier molecular flexibility index (Phi) is 5.12. The molecular formula is C22H26O3. The Morgan fingerprint density at radius 3 is 2.48 bits per heavy atom. The lowest BCUT2D eigenvalue weighted by atomic mass is 9.98. The number of rotatable bonds is 6. The fraction of sp³-hybridized carbons (Fsp3) is 0.409. The van der Waals surface area contributed by atoms with Crippen LogP contribution in [0.5, 0.6) is 5.75 Å². The van der Waals surface area contributed by atoms with Crippen molar-refractivity contribution in [3.63, 3.8) is 0 Å². The number of aryl methyl sites for hydroxylation is 3. The van der Waals surface area contributed by atoms with Crippen LogP contribution in [0, 0.1) is 20.8 Å². The van der Waals surface area contributed by atoms with E-state index in [0.29, 0.717) is 24.7 Å². The van der Waals surface area contributed by atoms with Crippen molar-refractivity contribution in [3.05, 3.63) is 63.7 Å². The molecule has 1 saturated carbocycles. The summed E-state index contributed by atoms with van der Waals surface area (Å²) in [5, 5.41) is 0. The average molecular weight is 338 g/mol. The number of benzene rings is 2. The van der Waals surface area contributed by atoms with Crippen molar-refractivity contribution in [2.75, 3.05) is 6.61 Å². The minimum atomic E-state index is -0.264. The zero-order chi connectivity index (χ0) is 18.0. The zero-order valence-electron chi connectivity index (χ0n) is 15.5. The lowest BCUT2D eigenvalue weighted by Gasteiger charge is -2.17. The summed E-state index contributed by atoms with van der Waals surface area (Å²) in [7, 11) is 0. The molecule has 2 aromatic carbocycles. The predicted molar refractivity (Wildman–Crippen MR) is 99.4 cm³/mol. The summed E-state index contributed by atoms with van der Waals surface area (Å²) in [6, 6.07) is 10.1. The number of carbonyl (C=O) groups excluding carboxylic acids is 1. The molecule has 0 heterocycles. The van der Waals surface area contributed by atoms with Gasteiger partial charge in [-0.25, -0.2) is 4.79 Å². The minimum absolute atomic E-state index is 0.264. The summed E-state index contributed by atoms with van der Waals surface area (Å²) in [5.41, 5.74) is 6.42. The third-order valence-electron chi connectivity index (χ3n) is 4.89. The second-order valence-corrected chi connectivity index (χ2v) is 6.86. The lowest BCUT2D eigenvalue weighted by molar-refractivity contribution is 0.0523. The fourth-order valence-electron chi connectivity index (χ4n) is 3.18. The van der Waals surface area contributed by atoms with Crippen molar-refractivity contribution in [1.82, 2.24) is 0 Å². The molecule has 0 bridgehead atoms.